The fourth-order valence-electron chi connectivity index (χ4n) is 0.915. The Kier molecular flexibility index (Phi) is 2.11. The van der Waals surface area contributed by atoms with Crippen LogP contribution >= 0.6 is 11.6 Å². The van der Waals surface area contributed by atoms with E-state index in [4.69, 9.17) is 16.7 Å². The van der Waals surface area contributed by atoms with Gasteiger partial charge in [0.25, 0.3) is 0 Å². The van der Waals surface area contributed by atoms with Crippen molar-refractivity contribution in [1.82, 2.24) is 5.32 Å². The first-order valence-electron chi connectivity index (χ1n) is 2.80. The smallest absolute Gasteiger partial charge is 0.0679 e. The number of β-amino-alcohol motifs (C(OH)–C–C–N with tert-alkyl or cyclic N) is 1. The second-order valence-corrected chi connectivity index (χ2v) is 2.46. The van der Waals surface area contributed by atoms with E-state index in [-0.39, 0.29) is 6.10 Å². The van der Waals surface area contributed by atoms with Crippen molar-refractivity contribution in [1.29, 1.82) is 0 Å². The molecule has 0 saturated carbocycles. The lowest BCUT2D eigenvalue weighted by Gasteiger charge is -2.00. The summed E-state index contributed by atoms with van der Waals surface area (Å²) < 4.78 is 0. The molecule has 1 aliphatic rings. The Morgan fingerprint density at radius 2 is 2.50 bits per heavy atom. The molecule has 1 saturated heterocycles. The van der Waals surface area contributed by atoms with Gasteiger partial charge in [-0.25, -0.2) is 0 Å². The van der Waals surface area contributed by atoms with Gasteiger partial charge in [0.1, 0.15) is 0 Å². The van der Waals surface area contributed by atoms with E-state index in [9.17, 15) is 0 Å². The summed E-state index contributed by atoms with van der Waals surface area (Å²) in [6.07, 6.45) is 0.641. The third-order valence-corrected chi connectivity index (χ3v) is 1.76. The minimum atomic E-state index is -0.168. The highest BCUT2D eigenvalue weighted by Gasteiger charge is 2.20. The molecule has 0 radical (unpaired) electrons. The van der Waals surface area contributed by atoms with Crippen molar-refractivity contribution < 1.29 is 5.11 Å². The van der Waals surface area contributed by atoms with E-state index in [1.807, 2.05) is 0 Å². The van der Waals surface area contributed by atoms with Crippen LogP contribution in [-0.2, 0) is 0 Å². The van der Waals surface area contributed by atoms with E-state index in [1.54, 1.807) is 0 Å². The molecule has 0 spiro atoms. The van der Waals surface area contributed by atoms with Crippen molar-refractivity contribution in [3.8, 4) is 0 Å². The minimum Gasteiger partial charge on any atom is -0.392 e. The molecule has 1 rings (SSSR count). The van der Waals surface area contributed by atoms with E-state index in [0.717, 1.165) is 6.42 Å². The summed E-state index contributed by atoms with van der Waals surface area (Å²) in [6.45, 7) is 0.706. The number of hydrogen-bond acceptors (Lipinski definition) is 2. The Hall–Kier alpha value is 0.210. The van der Waals surface area contributed by atoms with Crippen molar-refractivity contribution in [2.75, 3.05) is 12.4 Å². The molecule has 2 N–H and O–H groups in total. The number of aliphatic hydroxyl groups is 1. The number of halogens is 1. The van der Waals surface area contributed by atoms with Gasteiger partial charge in [0.05, 0.1) is 6.10 Å². The average molecular weight is 136 g/mol. The highest BCUT2D eigenvalue weighted by atomic mass is 35.5. The van der Waals surface area contributed by atoms with Crippen LogP contribution < -0.4 is 5.32 Å². The topological polar surface area (TPSA) is 32.3 Å². The number of hydrogen-bond donors (Lipinski definition) is 2. The molecule has 0 aliphatic carbocycles. The van der Waals surface area contributed by atoms with Gasteiger partial charge in [-0.05, 0) is 6.42 Å². The zero-order chi connectivity index (χ0) is 5.98. The van der Waals surface area contributed by atoms with Gasteiger partial charge in [-0.3, -0.25) is 0 Å². The Balaban J connectivity index is 2.22. The fraction of sp³-hybridized carbons (Fsp3) is 1.00. The third kappa shape index (κ3) is 1.34. The molecule has 0 aromatic rings. The molecule has 1 fully saturated rings. The summed E-state index contributed by atoms with van der Waals surface area (Å²) >= 11 is 5.50. The van der Waals surface area contributed by atoms with Crippen LogP contribution in [0.15, 0.2) is 0 Å². The molecule has 0 bridgehead atoms. The maximum Gasteiger partial charge on any atom is 0.0679 e. The van der Waals surface area contributed by atoms with Crippen molar-refractivity contribution >= 4 is 11.6 Å². The minimum absolute atomic E-state index is 0.168. The summed E-state index contributed by atoms with van der Waals surface area (Å²) in [5, 5.41) is 12.0. The van der Waals surface area contributed by atoms with E-state index in [1.165, 1.54) is 0 Å². The molecule has 0 amide bonds. The lowest BCUT2D eigenvalue weighted by molar-refractivity contribution is 0.194. The number of rotatable bonds is 1. The summed E-state index contributed by atoms with van der Waals surface area (Å²) in [6, 6.07) is 0.340. The average Bonchev–Trinajstić information content (AvgIpc) is 2.14. The van der Waals surface area contributed by atoms with Gasteiger partial charge in [0.15, 0.2) is 0 Å². The molecular formula is C5H10ClNO. The highest BCUT2D eigenvalue weighted by molar-refractivity contribution is 6.18. The van der Waals surface area contributed by atoms with E-state index < -0.39 is 0 Å². The first-order chi connectivity index (χ1) is 3.83. The molecule has 8 heavy (non-hydrogen) atoms. The van der Waals surface area contributed by atoms with E-state index in [0.29, 0.717) is 18.5 Å². The SMILES string of the molecule is O[C@H]1CN[C@H](CCl)C1. The summed E-state index contributed by atoms with van der Waals surface area (Å²) in [5.74, 6) is 0.608. The normalized spacial score (nSPS) is 38.2. The van der Waals surface area contributed by atoms with Crippen LogP contribution in [0.3, 0.4) is 0 Å². The molecule has 0 unspecified atom stereocenters. The van der Waals surface area contributed by atoms with Crippen LogP contribution in [0.5, 0.6) is 0 Å². The summed E-state index contributed by atoms with van der Waals surface area (Å²) in [7, 11) is 0. The van der Waals surface area contributed by atoms with Gasteiger partial charge in [0.2, 0.25) is 0 Å². The summed E-state index contributed by atoms with van der Waals surface area (Å²) in [5.41, 5.74) is 0. The van der Waals surface area contributed by atoms with E-state index in [2.05, 4.69) is 5.32 Å². The predicted molar refractivity (Wildman–Crippen MR) is 33.1 cm³/mol. The lowest BCUT2D eigenvalue weighted by Crippen LogP contribution is -2.22. The molecular weight excluding hydrogens is 126 g/mol. The van der Waals surface area contributed by atoms with Crippen LogP contribution in [0.1, 0.15) is 6.42 Å². The van der Waals surface area contributed by atoms with Gasteiger partial charge < -0.3 is 10.4 Å². The number of aliphatic hydroxyl groups excluding tert-OH is 1. The van der Waals surface area contributed by atoms with Crippen LogP contribution in [0.25, 0.3) is 0 Å². The maximum atomic E-state index is 8.91. The zero-order valence-corrected chi connectivity index (χ0v) is 5.36. The van der Waals surface area contributed by atoms with Gasteiger partial charge >= 0.3 is 0 Å². The Morgan fingerprint density at radius 3 is 2.75 bits per heavy atom. The fourth-order valence-corrected chi connectivity index (χ4v) is 1.15. The number of alkyl halides is 1. The zero-order valence-electron chi connectivity index (χ0n) is 4.60. The molecule has 1 aliphatic heterocycles. The van der Waals surface area contributed by atoms with Crippen LogP contribution in [-0.4, -0.2) is 29.7 Å². The lowest BCUT2D eigenvalue weighted by atomic mass is 10.2. The second-order valence-electron chi connectivity index (χ2n) is 2.15. The second kappa shape index (κ2) is 2.67. The molecule has 0 aromatic carbocycles. The molecule has 3 heteroatoms. The number of nitrogens with one attached hydrogen (secondary N) is 1. The highest BCUT2D eigenvalue weighted by Crippen LogP contribution is 2.06. The van der Waals surface area contributed by atoms with Gasteiger partial charge in [-0.2, -0.15) is 0 Å². The Bertz CT molecular complexity index is 78.8. The summed E-state index contributed by atoms with van der Waals surface area (Å²) in [4.78, 5) is 0. The van der Waals surface area contributed by atoms with Gasteiger partial charge in [0, 0.05) is 18.5 Å². The Labute approximate surface area is 53.8 Å². The molecule has 48 valence electrons. The van der Waals surface area contributed by atoms with Gasteiger partial charge in [-0.15, -0.1) is 11.6 Å². The van der Waals surface area contributed by atoms with Crippen LogP contribution in [0.2, 0.25) is 0 Å². The molecule has 2 atom stereocenters. The molecule has 1 heterocycles. The first kappa shape index (κ1) is 6.33. The van der Waals surface area contributed by atoms with Crippen molar-refractivity contribution in [3.05, 3.63) is 0 Å². The van der Waals surface area contributed by atoms with Crippen LogP contribution in [0, 0.1) is 0 Å². The Morgan fingerprint density at radius 1 is 1.75 bits per heavy atom. The quantitative estimate of drug-likeness (QED) is 0.494. The molecule has 0 aromatic heterocycles. The van der Waals surface area contributed by atoms with Crippen molar-refractivity contribution in [2.45, 2.75) is 18.6 Å². The largest absolute Gasteiger partial charge is 0.392 e. The van der Waals surface area contributed by atoms with Crippen LogP contribution in [0.4, 0.5) is 0 Å². The van der Waals surface area contributed by atoms with E-state index >= 15 is 0 Å². The first-order valence-corrected chi connectivity index (χ1v) is 3.34. The third-order valence-electron chi connectivity index (χ3n) is 1.39. The van der Waals surface area contributed by atoms with Crippen molar-refractivity contribution in [3.63, 3.8) is 0 Å². The predicted octanol–water partition coefficient (Wildman–Crippen LogP) is -0.0520. The maximum absolute atomic E-state index is 8.91. The van der Waals surface area contributed by atoms with Crippen molar-refractivity contribution in [2.24, 2.45) is 0 Å². The molecule has 2 nitrogen and oxygen atoms in total. The van der Waals surface area contributed by atoms with Gasteiger partial charge in [-0.1, -0.05) is 0 Å². The standard InChI is InChI=1S/C5H10ClNO/c6-2-4-1-5(8)3-7-4/h4-5,7-8H,1-3H2/t4-,5+/m0/s1. The monoisotopic (exact) mass is 135 g/mol.